The lowest BCUT2D eigenvalue weighted by molar-refractivity contribution is 0.0792. The largest absolute Gasteiger partial charge is 0.339 e. The Kier molecular flexibility index (Phi) is 6.84. The number of likely N-dealkylation sites (tertiary alicyclic amines) is 1. The molecule has 2 fully saturated rings. The first-order valence-corrected chi connectivity index (χ1v) is 13.5. The first kappa shape index (κ1) is 25.2. The molecule has 1 amide bonds. The van der Waals surface area contributed by atoms with Crippen LogP contribution in [0.1, 0.15) is 61.3 Å². The highest BCUT2D eigenvalue weighted by Gasteiger charge is 2.27. The third-order valence-electron chi connectivity index (χ3n) is 7.48. The molecule has 10 nitrogen and oxygen atoms in total. The fraction of sp³-hybridized carbons (Fsp3) is 0.444. The van der Waals surface area contributed by atoms with Crippen molar-refractivity contribution >= 4 is 34.5 Å². The van der Waals surface area contributed by atoms with Gasteiger partial charge >= 0.3 is 6.01 Å². The molecule has 0 atom stereocenters. The molecule has 0 radical (unpaired) electrons. The van der Waals surface area contributed by atoms with Crippen LogP contribution in [0, 0.1) is 11.6 Å². The first-order chi connectivity index (χ1) is 19.0. The number of benzene rings is 1. The van der Waals surface area contributed by atoms with E-state index in [9.17, 15) is 4.79 Å². The quantitative estimate of drug-likeness (QED) is 0.357. The molecule has 204 valence electrons. The van der Waals surface area contributed by atoms with Gasteiger partial charge in [0.05, 0.1) is 11.1 Å². The van der Waals surface area contributed by atoms with Crippen molar-refractivity contribution in [2.24, 2.45) is 0 Å². The van der Waals surface area contributed by atoms with Crippen molar-refractivity contribution in [3.63, 3.8) is 0 Å². The first-order valence-electron chi connectivity index (χ1n) is 13.5. The third-order valence-corrected chi connectivity index (χ3v) is 7.48. The second-order valence-electron chi connectivity index (χ2n) is 10.1. The number of piperidine rings is 1. The molecule has 0 saturated carbocycles. The average Bonchev–Trinajstić information content (AvgIpc) is 3.71. The van der Waals surface area contributed by atoms with E-state index in [-0.39, 0.29) is 28.8 Å². The molecular weight excluding hydrogens is 506 g/mol. The van der Waals surface area contributed by atoms with Crippen LogP contribution in [0.2, 0.25) is 0 Å². The van der Waals surface area contributed by atoms with Gasteiger partial charge in [0.2, 0.25) is 0 Å². The maximum absolute atomic E-state index is 15.3. The van der Waals surface area contributed by atoms with Gasteiger partial charge < -0.3 is 24.2 Å². The molecule has 0 unspecified atom stereocenters. The SMILES string of the molecule is CCCc1noc(N2CCC(n3cc(F)c4c(Nc5ccc(C(=O)N6CCCC6)cc5F)ncnc43)CC2)n1. The predicted octanol–water partition coefficient (Wildman–Crippen LogP) is 4.87. The molecule has 2 aliphatic rings. The van der Waals surface area contributed by atoms with Crippen molar-refractivity contribution in [3.05, 3.63) is 53.7 Å². The number of rotatable bonds is 7. The summed E-state index contributed by atoms with van der Waals surface area (Å²) >= 11 is 0. The Morgan fingerprint density at radius 2 is 1.90 bits per heavy atom. The van der Waals surface area contributed by atoms with Gasteiger partial charge in [0.15, 0.2) is 11.6 Å². The van der Waals surface area contributed by atoms with Crippen LogP contribution in [-0.2, 0) is 6.42 Å². The summed E-state index contributed by atoms with van der Waals surface area (Å²) < 4.78 is 37.5. The minimum absolute atomic E-state index is 0.0154. The molecule has 4 aromatic rings. The molecule has 2 saturated heterocycles. The number of aryl methyl sites for hydroxylation is 1. The minimum atomic E-state index is -0.609. The summed E-state index contributed by atoms with van der Waals surface area (Å²) in [6.07, 6.45) is 7.89. The van der Waals surface area contributed by atoms with Crippen LogP contribution in [-0.4, -0.2) is 61.7 Å². The van der Waals surface area contributed by atoms with Crippen LogP contribution in [0.4, 0.5) is 26.3 Å². The maximum atomic E-state index is 15.3. The van der Waals surface area contributed by atoms with Crippen LogP contribution < -0.4 is 10.2 Å². The fourth-order valence-electron chi connectivity index (χ4n) is 5.43. The second-order valence-corrected chi connectivity index (χ2v) is 10.1. The highest BCUT2D eigenvalue weighted by Crippen LogP contribution is 2.34. The van der Waals surface area contributed by atoms with Crippen molar-refractivity contribution in [3.8, 4) is 0 Å². The topological polar surface area (TPSA) is 105 Å². The van der Waals surface area contributed by atoms with Gasteiger partial charge in [-0.2, -0.15) is 4.98 Å². The highest BCUT2D eigenvalue weighted by atomic mass is 19.1. The Morgan fingerprint density at radius 3 is 2.64 bits per heavy atom. The summed E-state index contributed by atoms with van der Waals surface area (Å²) in [6, 6.07) is 4.81. The number of fused-ring (bicyclic) bond motifs is 1. The van der Waals surface area contributed by atoms with E-state index in [4.69, 9.17) is 4.52 Å². The average molecular weight is 537 g/mol. The van der Waals surface area contributed by atoms with Crippen molar-refractivity contribution in [2.75, 3.05) is 36.4 Å². The standard InChI is InChI=1S/C27H30F2N8O2/c1-2-5-22-33-27(39-34-22)36-12-8-18(9-13-36)37-15-20(29)23-24(30-16-31-25(23)37)32-21-7-6-17(14-19(21)28)26(38)35-10-3-4-11-35/h6-7,14-16,18H,2-5,8-13H2,1H3,(H,30,31,32). The molecular formula is C27H30F2N8O2. The van der Waals surface area contributed by atoms with Gasteiger partial charge in [0, 0.05) is 50.4 Å². The van der Waals surface area contributed by atoms with E-state index in [1.165, 1.54) is 24.7 Å². The summed E-state index contributed by atoms with van der Waals surface area (Å²) in [6.45, 7) is 4.81. The van der Waals surface area contributed by atoms with Crippen LogP contribution in [0.15, 0.2) is 35.2 Å². The zero-order valence-electron chi connectivity index (χ0n) is 21.7. The Morgan fingerprint density at radius 1 is 1.10 bits per heavy atom. The Hall–Kier alpha value is -4.09. The van der Waals surface area contributed by atoms with Gasteiger partial charge in [-0.25, -0.2) is 18.7 Å². The Balaban J connectivity index is 1.19. The van der Waals surface area contributed by atoms with E-state index < -0.39 is 11.6 Å². The summed E-state index contributed by atoms with van der Waals surface area (Å²) in [5, 5.41) is 7.13. The number of nitrogens with zero attached hydrogens (tertiary/aromatic N) is 7. The van der Waals surface area contributed by atoms with Gasteiger partial charge in [0.1, 0.15) is 23.6 Å². The van der Waals surface area contributed by atoms with Crippen LogP contribution in [0.5, 0.6) is 0 Å². The molecule has 0 bridgehead atoms. The molecule has 3 aromatic heterocycles. The molecule has 39 heavy (non-hydrogen) atoms. The number of amides is 1. The number of carbonyl (C=O) groups is 1. The number of nitrogens with one attached hydrogen (secondary N) is 1. The number of anilines is 3. The van der Waals surface area contributed by atoms with Crippen LogP contribution in [0.3, 0.4) is 0 Å². The number of carbonyl (C=O) groups excluding carboxylic acids is 1. The number of halogens is 2. The lowest BCUT2D eigenvalue weighted by Crippen LogP contribution is -2.34. The van der Waals surface area contributed by atoms with Gasteiger partial charge in [-0.1, -0.05) is 12.1 Å². The summed E-state index contributed by atoms with van der Waals surface area (Å²) in [5.74, 6) is -0.410. The molecule has 0 spiro atoms. The number of hydrogen-bond donors (Lipinski definition) is 1. The van der Waals surface area contributed by atoms with Gasteiger partial charge in [0.25, 0.3) is 5.91 Å². The van der Waals surface area contributed by atoms with Crippen molar-refractivity contribution in [1.29, 1.82) is 0 Å². The number of hydrogen-bond acceptors (Lipinski definition) is 8. The van der Waals surface area contributed by atoms with Crippen molar-refractivity contribution < 1.29 is 18.1 Å². The fourth-order valence-corrected chi connectivity index (χ4v) is 5.43. The zero-order chi connectivity index (χ0) is 26.9. The summed E-state index contributed by atoms with van der Waals surface area (Å²) in [4.78, 5) is 29.4. The molecule has 5 heterocycles. The van der Waals surface area contributed by atoms with Crippen LogP contribution >= 0.6 is 0 Å². The number of aromatic nitrogens is 5. The third kappa shape index (κ3) is 4.90. The molecule has 2 aliphatic heterocycles. The minimum Gasteiger partial charge on any atom is -0.339 e. The normalized spacial score (nSPS) is 16.4. The lowest BCUT2D eigenvalue weighted by Gasteiger charge is -2.31. The van der Waals surface area contributed by atoms with Crippen LogP contribution in [0.25, 0.3) is 11.0 Å². The second kappa shape index (κ2) is 10.6. The molecule has 1 aromatic carbocycles. The molecule has 12 heteroatoms. The molecule has 6 rings (SSSR count). The van der Waals surface area contributed by atoms with Crippen molar-refractivity contribution in [1.82, 2.24) is 29.6 Å². The summed E-state index contributed by atoms with van der Waals surface area (Å²) in [7, 11) is 0. The monoisotopic (exact) mass is 536 g/mol. The van der Waals surface area contributed by atoms with Gasteiger partial charge in [-0.05, 0) is 50.3 Å². The highest BCUT2D eigenvalue weighted by molar-refractivity contribution is 5.95. The van der Waals surface area contributed by atoms with E-state index in [0.717, 1.165) is 38.5 Å². The van der Waals surface area contributed by atoms with E-state index in [1.54, 1.807) is 11.0 Å². The molecule has 1 N–H and O–H groups in total. The maximum Gasteiger partial charge on any atom is 0.324 e. The predicted molar refractivity (Wildman–Crippen MR) is 141 cm³/mol. The van der Waals surface area contributed by atoms with Gasteiger partial charge in [-0.3, -0.25) is 4.79 Å². The Bertz CT molecular complexity index is 1490. The van der Waals surface area contributed by atoms with E-state index >= 15 is 8.78 Å². The lowest BCUT2D eigenvalue weighted by atomic mass is 10.1. The van der Waals surface area contributed by atoms with E-state index in [1.807, 2.05) is 9.47 Å². The molecule has 0 aliphatic carbocycles. The Labute approximate surface area is 224 Å². The van der Waals surface area contributed by atoms with Crippen molar-refractivity contribution in [2.45, 2.75) is 51.5 Å². The van der Waals surface area contributed by atoms with E-state index in [2.05, 4.69) is 32.3 Å². The van der Waals surface area contributed by atoms with E-state index in [0.29, 0.717) is 49.2 Å². The summed E-state index contributed by atoms with van der Waals surface area (Å²) in [5.41, 5.74) is 0.835. The zero-order valence-corrected chi connectivity index (χ0v) is 21.7. The smallest absolute Gasteiger partial charge is 0.324 e. The van der Waals surface area contributed by atoms with Gasteiger partial charge in [-0.15, -0.1) is 0 Å².